The van der Waals surface area contributed by atoms with Crippen molar-refractivity contribution in [2.24, 2.45) is 0 Å². The van der Waals surface area contributed by atoms with Crippen molar-refractivity contribution in [3.8, 4) is 0 Å². The molecule has 0 fully saturated rings. The molecule has 2 nitrogen and oxygen atoms in total. The summed E-state index contributed by atoms with van der Waals surface area (Å²) in [7, 11) is 0. The van der Waals surface area contributed by atoms with Crippen LogP contribution in [0.3, 0.4) is 0 Å². The van der Waals surface area contributed by atoms with E-state index in [1.807, 2.05) is 0 Å². The van der Waals surface area contributed by atoms with Crippen molar-refractivity contribution < 1.29 is 22.4 Å². The summed E-state index contributed by atoms with van der Waals surface area (Å²) in [6.07, 6.45) is -4.81. The second-order valence-electron chi connectivity index (χ2n) is 3.74. The van der Waals surface area contributed by atoms with Gasteiger partial charge in [0.2, 0.25) is 0 Å². The Balaban J connectivity index is 3.18. The molecule has 0 aliphatic carbocycles. The Labute approximate surface area is 116 Å². The number of halogens is 5. The van der Waals surface area contributed by atoms with Gasteiger partial charge >= 0.3 is 6.18 Å². The van der Waals surface area contributed by atoms with Crippen LogP contribution in [0.15, 0.2) is 18.2 Å². The van der Waals surface area contributed by atoms with Crippen molar-refractivity contribution >= 4 is 21.8 Å². The predicted octanol–water partition coefficient (Wildman–Crippen LogP) is 3.70. The average Bonchev–Trinajstić information content (AvgIpc) is 2.34. The summed E-state index contributed by atoms with van der Waals surface area (Å²) in [6, 6.07) is 2.71. The maximum absolute atomic E-state index is 13.8. The van der Waals surface area contributed by atoms with Gasteiger partial charge < -0.3 is 4.90 Å². The molecule has 1 rings (SSSR count). The number of rotatable bonds is 4. The van der Waals surface area contributed by atoms with Crippen molar-refractivity contribution in [1.82, 2.24) is 4.90 Å². The number of nitrogens with zero attached hydrogens (tertiary/aromatic N) is 1. The van der Waals surface area contributed by atoms with E-state index in [2.05, 4.69) is 15.9 Å². The van der Waals surface area contributed by atoms with E-state index in [4.69, 9.17) is 0 Å². The molecule has 0 radical (unpaired) electrons. The number of hydrogen-bond acceptors (Lipinski definition) is 1. The van der Waals surface area contributed by atoms with Gasteiger partial charge in [-0.1, -0.05) is 22.0 Å². The van der Waals surface area contributed by atoms with Crippen molar-refractivity contribution in [3.05, 3.63) is 35.1 Å². The molecule has 0 N–H and O–H groups in total. The Morgan fingerprint density at radius 3 is 2.47 bits per heavy atom. The SMILES string of the molecule is CCN(CCBr)C(=O)c1cccc(C(F)(F)F)c1F. The fourth-order valence-electron chi connectivity index (χ4n) is 1.59. The average molecular weight is 342 g/mol. The lowest BCUT2D eigenvalue weighted by Gasteiger charge is -2.20. The van der Waals surface area contributed by atoms with Crippen LogP contribution in [0, 0.1) is 5.82 Å². The molecule has 1 amide bonds. The van der Waals surface area contributed by atoms with Crippen molar-refractivity contribution in [1.29, 1.82) is 0 Å². The quantitative estimate of drug-likeness (QED) is 0.604. The van der Waals surface area contributed by atoms with Crippen LogP contribution in [0.25, 0.3) is 0 Å². The number of amides is 1. The van der Waals surface area contributed by atoms with Crippen molar-refractivity contribution in [2.45, 2.75) is 13.1 Å². The number of benzene rings is 1. The lowest BCUT2D eigenvalue weighted by molar-refractivity contribution is -0.140. The Morgan fingerprint density at radius 2 is 2.00 bits per heavy atom. The lowest BCUT2D eigenvalue weighted by atomic mass is 10.1. The molecule has 0 spiro atoms. The third-order valence-corrected chi connectivity index (χ3v) is 2.91. The highest BCUT2D eigenvalue weighted by molar-refractivity contribution is 9.09. The summed E-state index contributed by atoms with van der Waals surface area (Å²) in [5.74, 6) is -2.27. The van der Waals surface area contributed by atoms with Gasteiger partial charge in [0.25, 0.3) is 5.91 Å². The van der Waals surface area contributed by atoms with Gasteiger partial charge in [-0.05, 0) is 19.1 Å². The first kappa shape index (κ1) is 15.9. The first-order chi connectivity index (χ1) is 8.82. The van der Waals surface area contributed by atoms with Crippen LogP contribution in [-0.4, -0.2) is 29.2 Å². The van der Waals surface area contributed by atoms with E-state index < -0.39 is 29.0 Å². The minimum Gasteiger partial charge on any atom is -0.338 e. The normalized spacial score (nSPS) is 11.5. The lowest BCUT2D eigenvalue weighted by Crippen LogP contribution is -2.33. The van der Waals surface area contributed by atoms with Gasteiger partial charge in [0.05, 0.1) is 11.1 Å². The molecular formula is C12H12BrF4NO. The standard InChI is InChI=1S/C12H12BrF4NO/c1-2-18(7-6-13)11(19)8-4-3-5-9(10(8)14)12(15,16)17/h3-5H,2,6-7H2,1H3. The van der Waals surface area contributed by atoms with E-state index in [-0.39, 0.29) is 0 Å². The molecule has 0 aliphatic heterocycles. The van der Waals surface area contributed by atoms with E-state index in [0.29, 0.717) is 24.5 Å². The van der Waals surface area contributed by atoms with Crippen LogP contribution >= 0.6 is 15.9 Å². The molecule has 1 aromatic carbocycles. The molecule has 0 saturated heterocycles. The zero-order chi connectivity index (χ0) is 14.6. The highest BCUT2D eigenvalue weighted by atomic mass is 79.9. The summed E-state index contributed by atoms with van der Waals surface area (Å²) < 4.78 is 51.4. The summed E-state index contributed by atoms with van der Waals surface area (Å²) >= 11 is 3.13. The number of hydrogen-bond donors (Lipinski definition) is 0. The largest absolute Gasteiger partial charge is 0.419 e. The third-order valence-electron chi connectivity index (χ3n) is 2.56. The molecule has 0 bridgehead atoms. The monoisotopic (exact) mass is 341 g/mol. The minimum absolute atomic E-state index is 0.292. The molecule has 0 unspecified atom stereocenters. The van der Waals surface area contributed by atoms with E-state index in [9.17, 15) is 22.4 Å². The number of alkyl halides is 4. The maximum atomic E-state index is 13.8. The predicted molar refractivity (Wildman–Crippen MR) is 66.8 cm³/mol. The van der Waals surface area contributed by atoms with Crippen molar-refractivity contribution in [2.75, 3.05) is 18.4 Å². The Morgan fingerprint density at radius 1 is 1.37 bits per heavy atom. The van der Waals surface area contributed by atoms with Gasteiger partial charge in [-0.25, -0.2) is 4.39 Å². The molecule has 0 saturated carbocycles. The summed E-state index contributed by atoms with van der Waals surface area (Å²) in [5.41, 5.74) is -1.98. The van der Waals surface area contributed by atoms with Gasteiger partial charge in [0.15, 0.2) is 0 Å². The fraction of sp³-hybridized carbons (Fsp3) is 0.417. The summed E-state index contributed by atoms with van der Waals surface area (Å²) in [5, 5.41) is 0.465. The first-order valence-electron chi connectivity index (χ1n) is 5.53. The Bertz CT molecular complexity index is 462. The number of carbonyl (C=O) groups is 1. The fourth-order valence-corrected chi connectivity index (χ4v) is 2.02. The second-order valence-corrected chi connectivity index (χ2v) is 4.53. The third kappa shape index (κ3) is 3.68. The molecule has 0 heterocycles. The summed E-state index contributed by atoms with van der Waals surface area (Å²) in [6.45, 7) is 2.26. The molecular weight excluding hydrogens is 330 g/mol. The minimum atomic E-state index is -4.81. The molecule has 7 heteroatoms. The highest BCUT2D eigenvalue weighted by Crippen LogP contribution is 2.32. The summed E-state index contributed by atoms with van der Waals surface area (Å²) in [4.78, 5) is 13.2. The number of carbonyl (C=O) groups excluding carboxylic acids is 1. The van der Waals surface area contributed by atoms with Gasteiger partial charge in [-0.15, -0.1) is 0 Å². The van der Waals surface area contributed by atoms with E-state index >= 15 is 0 Å². The molecule has 1 aromatic rings. The Kier molecular flexibility index (Phi) is 5.34. The van der Waals surface area contributed by atoms with Crippen LogP contribution in [0.4, 0.5) is 17.6 Å². The van der Waals surface area contributed by atoms with Crippen LogP contribution in [0.5, 0.6) is 0 Å². The first-order valence-corrected chi connectivity index (χ1v) is 6.66. The maximum Gasteiger partial charge on any atom is 0.419 e. The van der Waals surface area contributed by atoms with Crippen molar-refractivity contribution in [3.63, 3.8) is 0 Å². The molecule has 0 atom stereocenters. The van der Waals surface area contributed by atoms with E-state index in [1.165, 1.54) is 4.90 Å². The van der Waals surface area contributed by atoms with E-state index in [0.717, 1.165) is 12.1 Å². The van der Waals surface area contributed by atoms with Gasteiger partial charge in [-0.3, -0.25) is 4.79 Å². The van der Waals surface area contributed by atoms with Crippen LogP contribution in [0.1, 0.15) is 22.8 Å². The molecule has 19 heavy (non-hydrogen) atoms. The van der Waals surface area contributed by atoms with Gasteiger partial charge in [0.1, 0.15) is 5.82 Å². The van der Waals surface area contributed by atoms with E-state index in [1.54, 1.807) is 6.92 Å². The zero-order valence-electron chi connectivity index (χ0n) is 10.1. The van der Waals surface area contributed by atoms with Gasteiger partial charge in [-0.2, -0.15) is 13.2 Å². The zero-order valence-corrected chi connectivity index (χ0v) is 11.7. The van der Waals surface area contributed by atoms with Crippen LogP contribution in [-0.2, 0) is 6.18 Å². The topological polar surface area (TPSA) is 20.3 Å². The highest BCUT2D eigenvalue weighted by Gasteiger charge is 2.36. The molecule has 106 valence electrons. The second kappa shape index (κ2) is 6.36. The van der Waals surface area contributed by atoms with Crippen LogP contribution in [0.2, 0.25) is 0 Å². The molecule has 0 aromatic heterocycles. The van der Waals surface area contributed by atoms with Crippen LogP contribution < -0.4 is 0 Å². The Hall–Kier alpha value is -1.11. The van der Waals surface area contributed by atoms with Gasteiger partial charge in [0, 0.05) is 18.4 Å². The smallest absolute Gasteiger partial charge is 0.338 e. The molecule has 0 aliphatic rings.